The van der Waals surface area contributed by atoms with Gasteiger partial charge in [0.2, 0.25) is 5.01 Å². The second-order valence-electron chi connectivity index (χ2n) is 2.38. The summed E-state index contributed by atoms with van der Waals surface area (Å²) >= 11 is 1.38. The third-order valence-electron chi connectivity index (χ3n) is 1.48. The molecule has 1 aromatic heterocycles. The predicted molar refractivity (Wildman–Crippen MR) is 47.5 cm³/mol. The fourth-order valence-corrected chi connectivity index (χ4v) is 1.56. The van der Waals surface area contributed by atoms with Gasteiger partial charge >= 0.3 is 5.97 Å². The maximum Gasteiger partial charge on any atom is 0.367 e. The van der Waals surface area contributed by atoms with Crippen LogP contribution in [0.2, 0.25) is 0 Å². The Kier molecular flexibility index (Phi) is 2.81. The van der Waals surface area contributed by atoms with E-state index in [-0.39, 0.29) is 5.97 Å². The number of aryl methyl sites for hydroxylation is 2. The Labute approximate surface area is 75.4 Å². The highest BCUT2D eigenvalue weighted by molar-refractivity contribution is 7.13. The molecular weight excluding hydrogens is 174 g/mol. The summed E-state index contributed by atoms with van der Waals surface area (Å²) in [6.07, 6.45) is 0. The first kappa shape index (κ1) is 9.19. The van der Waals surface area contributed by atoms with Crippen LogP contribution in [0, 0.1) is 13.8 Å². The molecule has 0 aliphatic rings. The smallest absolute Gasteiger partial charge is 0.367 e. The van der Waals surface area contributed by atoms with E-state index in [2.05, 4.69) is 4.98 Å². The zero-order chi connectivity index (χ0) is 9.14. The van der Waals surface area contributed by atoms with Crippen molar-refractivity contribution in [1.82, 2.24) is 4.98 Å². The second-order valence-corrected chi connectivity index (χ2v) is 3.58. The lowest BCUT2D eigenvalue weighted by Crippen LogP contribution is -2.03. The standard InChI is InChI=1S/C8H11NO2S/c1-4-11-8(10)7-9-5(2)6(3)12-7/h4H2,1-3H3. The van der Waals surface area contributed by atoms with Crippen LogP contribution < -0.4 is 0 Å². The van der Waals surface area contributed by atoms with Gasteiger partial charge in [-0.2, -0.15) is 0 Å². The average Bonchev–Trinajstić information content (AvgIpc) is 2.33. The number of carbonyl (C=O) groups excluding carboxylic acids is 1. The zero-order valence-electron chi connectivity index (χ0n) is 7.38. The van der Waals surface area contributed by atoms with Gasteiger partial charge in [0, 0.05) is 4.88 Å². The fourth-order valence-electron chi connectivity index (χ4n) is 0.753. The molecule has 0 saturated heterocycles. The summed E-state index contributed by atoms with van der Waals surface area (Å²) in [5.41, 5.74) is 0.906. The van der Waals surface area contributed by atoms with Crippen LogP contribution in [0.3, 0.4) is 0 Å². The van der Waals surface area contributed by atoms with E-state index in [1.165, 1.54) is 11.3 Å². The van der Waals surface area contributed by atoms with Gasteiger partial charge in [-0.1, -0.05) is 0 Å². The van der Waals surface area contributed by atoms with Crippen LogP contribution in [0.4, 0.5) is 0 Å². The molecule has 0 radical (unpaired) electrons. The van der Waals surface area contributed by atoms with E-state index in [9.17, 15) is 4.79 Å². The number of aromatic nitrogens is 1. The van der Waals surface area contributed by atoms with Gasteiger partial charge in [-0.25, -0.2) is 9.78 Å². The van der Waals surface area contributed by atoms with Crippen molar-refractivity contribution in [2.75, 3.05) is 6.61 Å². The molecule has 1 heterocycles. The van der Waals surface area contributed by atoms with Gasteiger partial charge in [0.25, 0.3) is 0 Å². The Balaban J connectivity index is 2.82. The number of esters is 1. The molecule has 0 aliphatic heterocycles. The molecule has 0 N–H and O–H groups in total. The Morgan fingerprint density at radius 2 is 2.25 bits per heavy atom. The zero-order valence-corrected chi connectivity index (χ0v) is 8.20. The molecule has 12 heavy (non-hydrogen) atoms. The van der Waals surface area contributed by atoms with E-state index in [1.54, 1.807) is 6.92 Å². The minimum atomic E-state index is -0.321. The maximum absolute atomic E-state index is 11.1. The van der Waals surface area contributed by atoms with E-state index in [1.807, 2.05) is 13.8 Å². The summed E-state index contributed by atoms with van der Waals surface area (Å²) in [4.78, 5) is 16.3. The van der Waals surface area contributed by atoms with Crippen LogP contribution in [-0.4, -0.2) is 17.6 Å². The van der Waals surface area contributed by atoms with Crippen molar-refractivity contribution in [1.29, 1.82) is 0 Å². The molecule has 1 aromatic rings. The van der Waals surface area contributed by atoms with E-state index in [4.69, 9.17) is 4.74 Å². The highest BCUT2D eigenvalue weighted by Crippen LogP contribution is 2.16. The first-order chi connectivity index (χ1) is 5.65. The Morgan fingerprint density at radius 1 is 1.58 bits per heavy atom. The van der Waals surface area contributed by atoms with Crippen LogP contribution in [0.15, 0.2) is 0 Å². The third-order valence-corrected chi connectivity index (χ3v) is 2.53. The van der Waals surface area contributed by atoms with Crippen LogP contribution in [-0.2, 0) is 4.74 Å². The molecule has 0 saturated carbocycles. The molecule has 0 amide bonds. The monoisotopic (exact) mass is 185 g/mol. The van der Waals surface area contributed by atoms with Crippen molar-refractivity contribution in [3.63, 3.8) is 0 Å². The first-order valence-electron chi connectivity index (χ1n) is 3.76. The number of ether oxygens (including phenoxy) is 1. The van der Waals surface area contributed by atoms with Gasteiger partial charge in [0.15, 0.2) is 0 Å². The van der Waals surface area contributed by atoms with Crippen LogP contribution >= 0.6 is 11.3 Å². The molecule has 1 rings (SSSR count). The van der Waals surface area contributed by atoms with E-state index in [0.717, 1.165) is 10.6 Å². The molecule has 0 aromatic carbocycles. The molecular formula is C8H11NO2S. The minimum absolute atomic E-state index is 0.321. The lowest BCUT2D eigenvalue weighted by atomic mass is 10.4. The van der Waals surface area contributed by atoms with Gasteiger partial charge in [-0.05, 0) is 20.8 Å². The first-order valence-corrected chi connectivity index (χ1v) is 4.58. The number of nitrogens with zero attached hydrogens (tertiary/aromatic N) is 1. The summed E-state index contributed by atoms with van der Waals surface area (Å²) in [7, 11) is 0. The normalized spacial score (nSPS) is 9.92. The molecule has 0 spiro atoms. The highest BCUT2D eigenvalue weighted by atomic mass is 32.1. The second kappa shape index (κ2) is 3.67. The van der Waals surface area contributed by atoms with Gasteiger partial charge in [0.1, 0.15) is 0 Å². The number of carbonyl (C=O) groups is 1. The van der Waals surface area contributed by atoms with Gasteiger partial charge in [0.05, 0.1) is 12.3 Å². The summed E-state index contributed by atoms with van der Waals surface area (Å²) < 4.78 is 4.81. The topological polar surface area (TPSA) is 39.2 Å². The molecule has 4 heteroatoms. The molecule has 66 valence electrons. The van der Waals surface area contributed by atoms with Crippen LogP contribution in [0.25, 0.3) is 0 Å². The number of thiazole rings is 1. The predicted octanol–water partition coefficient (Wildman–Crippen LogP) is 1.94. The molecule has 0 aliphatic carbocycles. The van der Waals surface area contributed by atoms with Crippen molar-refractivity contribution in [3.05, 3.63) is 15.6 Å². The molecule has 3 nitrogen and oxygen atoms in total. The average molecular weight is 185 g/mol. The molecule has 0 atom stereocenters. The molecule has 0 fully saturated rings. The van der Waals surface area contributed by atoms with E-state index >= 15 is 0 Å². The SMILES string of the molecule is CCOC(=O)c1nc(C)c(C)s1. The summed E-state index contributed by atoms with van der Waals surface area (Å²) in [6.45, 7) is 6.01. The lowest BCUT2D eigenvalue weighted by Gasteiger charge is -1.94. The largest absolute Gasteiger partial charge is 0.461 e. The minimum Gasteiger partial charge on any atom is -0.461 e. The van der Waals surface area contributed by atoms with E-state index < -0.39 is 0 Å². The van der Waals surface area contributed by atoms with E-state index in [0.29, 0.717) is 11.6 Å². The van der Waals surface area contributed by atoms with Crippen molar-refractivity contribution < 1.29 is 9.53 Å². The van der Waals surface area contributed by atoms with Crippen molar-refractivity contribution in [2.24, 2.45) is 0 Å². The summed E-state index contributed by atoms with van der Waals surface area (Å²) in [5, 5.41) is 0.451. The van der Waals surface area contributed by atoms with Gasteiger partial charge < -0.3 is 4.74 Å². The summed E-state index contributed by atoms with van der Waals surface area (Å²) in [6, 6.07) is 0. The highest BCUT2D eigenvalue weighted by Gasteiger charge is 2.12. The van der Waals surface area contributed by atoms with Crippen molar-refractivity contribution in [3.8, 4) is 0 Å². The number of hydrogen-bond acceptors (Lipinski definition) is 4. The third kappa shape index (κ3) is 1.82. The van der Waals surface area contributed by atoms with Gasteiger partial charge in [-0.15, -0.1) is 11.3 Å². The molecule has 0 unspecified atom stereocenters. The molecule has 0 bridgehead atoms. The van der Waals surface area contributed by atoms with Crippen LogP contribution in [0.5, 0.6) is 0 Å². The Hall–Kier alpha value is -0.900. The van der Waals surface area contributed by atoms with Gasteiger partial charge in [-0.3, -0.25) is 0 Å². The van der Waals surface area contributed by atoms with Crippen molar-refractivity contribution >= 4 is 17.3 Å². The Bertz CT molecular complexity index is 274. The van der Waals surface area contributed by atoms with Crippen molar-refractivity contribution in [2.45, 2.75) is 20.8 Å². The summed E-state index contributed by atoms with van der Waals surface area (Å²) in [5.74, 6) is -0.321. The quantitative estimate of drug-likeness (QED) is 0.661. The van der Waals surface area contributed by atoms with Crippen LogP contribution in [0.1, 0.15) is 27.3 Å². The fraction of sp³-hybridized carbons (Fsp3) is 0.500. The Morgan fingerprint density at radius 3 is 2.67 bits per heavy atom. The lowest BCUT2D eigenvalue weighted by molar-refractivity contribution is 0.0526. The maximum atomic E-state index is 11.1. The number of rotatable bonds is 2. The number of hydrogen-bond donors (Lipinski definition) is 0.